The van der Waals surface area contributed by atoms with Crippen LogP contribution in [0.2, 0.25) is 0 Å². The minimum Gasteiger partial charge on any atom is -0.466 e. The SMILES string of the molecule is CCOC(=O)C(C)(C)C(C)(C)C.[Y]. The van der Waals surface area contributed by atoms with E-state index in [4.69, 9.17) is 4.74 Å². The number of carbonyl (C=O) groups excluding carboxylic acids is 1. The van der Waals surface area contributed by atoms with Crippen molar-refractivity contribution in [3.05, 3.63) is 0 Å². The summed E-state index contributed by atoms with van der Waals surface area (Å²) in [6, 6.07) is 0. The van der Waals surface area contributed by atoms with Gasteiger partial charge in [0.05, 0.1) is 12.0 Å². The summed E-state index contributed by atoms with van der Waals surface area (Å²) in [6.07, 6.45) is 0. The number of esters is 1. The third kappa shape index (κ3) is 4.08. The zero-order valence-corrected chi connectivity index (χ0v) is 12.4. The average Bonchev–Trinajstić information content (AvgIpc) is 1.85. The van der Waals surface area contributed by atoms with E-state index < -0.39 is 5.41 Å². The van der Waals surface area contributed by atoms with Gasteiger partial charge in [-0.2, -0.15) is 0 Å². The summed E-state index contributed by atoms with van der Waals surface area (Å²) in [5.74, 6) is -0.113. The Morgan fingerprint density at radius 3 is 1.77 bits per heavy atom. The molecule has 13 heavy (non-hydrogen) atoms. The second-order valence-corrected chi connectivity index (χ2v) is 4.60. The van der Waals surface area contributed by atoms with Gasteiger partial charge in [0.25, 0.3) is 0 Å². The molecule has 0 saturated carbocycles. The van der Waals surface area contributed by atoms with Crippen LogP contribution in [0.25, 0.3) is 0 Å². The molecule has 2 nitrogen and oxygen atoms in total. The number of hydrogen-bond acceptors (Lipinski definition) is 2. The van der Waals surface area contributed by atoms with E-state index >= 15 is 0 Å². The van der Waals surface area contributed by atoms with Gasteiger partial charge in [0, 0.05) is 32.7 Å². The Kier molecular flexibility index (Phi) is 6.72. The molecule has 1 radical (unpaired) electrons. The molecular formula is C10H20O2Y. The zero-order chi connectivity index (χ0) is 9.99. The third-order valence-electron chi connectivity index (χ3n) is 2.66. The van der Waals surface area contributed by atoms with Gasteiger partial charge in [0.2, 0.25) is 0 Å². The fraction of sp³-hybridized carbons (Fsp3) is 0.900. The van der Waals surface area contributed by atoms with E-state index in [1.165, 1.54) is 0 Å². The van der Waals surface area contributed by atoms with Gasteiger partial charge in [-0.1, -0.05) is 20.8 Å². The van der Waals surface area contributed by atoms with Crippen LogP contribution in [0.15, 0.2) is 0 Å². The molecule has 0 atom stereocenters. The maximum atomic E-state index is 11.5. The standard InChI is InChI=1S/C10H20O2.Y/c1-7-12-8(11)10(5,6)9(2,3)4;/h7H2,1-6H3;. The summed E-state index contributed by atoms with van der Waals surface area (Å²) in [7, 11) is 0. The number of ether oxygens (including phenoxy) is 1. The van der Waals surface area contributed by atoms with Crippen molar-refractivity contribution >= 4 is 5.97 Å². The van der Waals surface area contributed by atoms with Crippen LogP contribution in [0, 0.1) is 10.8 Å². The number of rotatable bonds is 2. The van der Waals surface area contributed by atoms with Crippen molar-refractivity contribution < 1.29 is 42.2 Å². The van der Waals surface area contributed by atoms with Crippen LogP contribution >= 0.6 is 0 Å². The molecule has 3 heteroatoms. The smallest absolute Gasteiger partial charge is 0.312 e. The zero-order valence-electron chi connectivity index (χ0n) is 9.60. The molecule has 0 unspecified atom stereocenters. The Labute approximate surface area is 107 Å². The minimum absolute atomic E-state index is 0. The van der Waals surface area contributed by atoms with Gasteiger partial charge >= 0.3 is 5.97 Å². The van der Waals surface area contributed by atoms with Crippen LogP contribution in [-0.4, -0.2) is 12.6 Å². The Hall–Kier alpha value is 0.574. The first-order chi connectivity index (χ1) is 5.23. The van der Waals surface area contributed by atoms with E-state index in [1.54, 1.807) is 0 Å². The van der Waals surface area contributed by atoms with Crippen LogP contribution in [0.1, 0.15) is 41.5 Å². The van der Waals surface area contributed by atoms with Crippen molar-refractivity contribution in [3.63, 3.8) is 0 Å². The van der Waals surface area contributed by atoms with Gasteiger partial charge in [0.1, 0.15) is 0 Å². The number of hydrogen-bond donors (Lipinski definition) is 0. The van der Waals surface area contributed by atoms with Crippen molar-refractivity contribution in [1.82, 2.24) is 0 Å². The molecule has 0 aliphatic carbocycles. The van der Waals surface area contributed by atoms with Crippen LogP contribution in [0.5, 0.6) is 0 Å². The quantitative estimate of drug-likeness (QED) is 0.714. The van der Waals surface area contributed by atoms with E-state index in [9.17, 15) is 4.79 Å². The molecule has 75 valence electrons. The molecular weight excluding hydrogens is 241 g/mol. The van der Waals surface area contributed by atoms with Crippen LogP contribution in [0.3, 0.4) is 0 Å². The summed E-state index contributed by atoms with van der Waals surface area (Å²) >= 11 is 0. The third-order valence-corrected chi connectivity index (χ3v) is 2.66. The van der Waals surface area contributed by atoms with Crippen molar-refractivity contribution in [1.29, 1.82) is 0 Å². The Balaban J connectivity index is 0. The van der Waals surface area contributed by atoms with E-state index in [1.807, 2.05) is 41.5 Å². The average molecular weight is 261 g/mol. The second kappa shape index (κ2) is 5.45. The molecule has 0 N–H and O–H groups in total. The molecule has 0 aliphatic heterocycles. The van der Waals surface area contributed by atoms with Gasteiger partial charge in [-0.3, -0.25) is 4.79 Å². The first-order valence-electron chi connectivity index (χ1n) is 4.40. The molecule has 0 saturated heterocycles. The van der Waals surface area contributed by atoms with Crippen LogP contribution in [-0.2, 0) is 42.2 Å². The normalized spacial score (nSPS) is 11.8. The van der Waals surface area contributed by atoms with Gasteiger partial charge in [-0.05, 0) is 26.2 Å². The second-order valence-electron chi connectivity index (χ2n) is 4.60. The fourth-order valence-corrected chi connectivity index (χ4v) is 0.618. The van der Waals surface area contributed by atoms with Crippen LogP contribution < -0.4 is 0 Å². The molecule has 0 spiro atoms. The van der Waals surface area contributed by atoms with E-state index in [0.717, 1.165) is 0 Å². The first-order valence-corrected chi connectivity index (χ1v) is 4.40. The first kappa shape index (κ1) is 16.0. The fourth-order valence-electron chi connectivity index (χ4n) is 0.618. The minimum atomic E-state index is -0.414. The topological polar surface area (TPSA) is 26.3 Å². The predicted molar refractivity (Wildman–Crippen MR) is 49.9 cm³/mol. The Morgan fingerprint density at radius 1 is 1.15 bits per heavy atom. The van der Waals surface area contributed by atoms with Crippen molar-refractivity contribution in [2.45, 2.75) is 41.5 Å². The van der Waals surface area contributed by atoms with E-state index in [0.29, 0.717) is 6.61 Å². The van der Waals surface area contributed by atoms with Gasteiger partial charge < -0.3 is 4.74 Å². The largest absolute Gasteiger partial charge is 0.466 e. The van der Waals surface area contributed by atoms with Crippen molar-refractivity contribution in [3.8, 4) is 0 Å². The summed E-state index contributed by atoms with van der Waals surface area (Å²) in [5, 5.41) is 0. The molecule has 0 heterocycles. The molecule has 0 aliphatic rings. The molecule has 0 rings (SSSR count). The molecule has 0 aromatic carbocycles. The number of carbonyl (C=O) groups is 1. The van der Waals surface area contributed by atoms with E-state index in [2.05, 4.69) is 0 Å². The molecule has 0 aromatic heterocycles. The maximum Gasteiger partial charge on any atom is 0.312 e. The molecule has 0 amide bonds. The van der Waals surface area contributed by atoms with Gasteiger partial charge in [0.15, 0.2) is 0 Å². The summed E-state index contributed by atoms with van der Waals surface area (Å²) in [6.45, 7) is 12.3. The molecule has 0 aromatic rings. The van der Waals surface area contributed by atoms with Gasteiger partial charge in [-0.25, -0.2) is 0 Å². The van der Waals surface area contributed by atoms with E-state index in [-0.39, 0.29) is 44.1 Å². The molecule has 0 bridgehead atoms. The summed E-state index contributed by atoms with van der Waals surface area (Å²) in [4.78, 5) is 11.5. The molecule has 0 fully saturated rings. The summed E-state index contributed by atoms with van der Waals surface area (Å²) in [5.41, 5.74) is -0.470. The summed E-state index contributed by atoms with van der Waals surface area (Å²) < 4.78 is 4.99. The van der Waals surface area contributed by atoms with Crippen molar-refractivity contribution in [2.24, 2.45) is 10.8 Å². The Bertz CT molecular complexity index is 168. The monoisotopic (exact) mass is 261 g/mol. The van der Waals surface area contributed by atoms with Crippen LogP contribution in [0.4, 0.5) is 0 Å². The maximum absolute atomic E-state index is 11.5. The predicted octanol–water partition coefficient (Wildman–Crippen LogP) is 2.62. The van der Waals surface area contributed by atoms with Gasteiger partial charge in [-0.15, -0.1) is 0 Å². The Morgan fingerprint density at radius 2 is 1.54 bits per heavy atom. The van der Waals surface area contributed by atoms with Crippen molar-refractivity contribution in [2.75, 3.05) is 6.61 Å².